The molecule has 0 spiro atoms. The molecular weight excluding hydrogens is 351 g/mol. The predicted octanol–water partition coefficient (Wildman–Crippen LogP) is 4.22. The minimum Gasteiger partial charge on any atom is -0.465 e. The zero-order chi connectivity index (χ0) is 17.5. The summed E-state index contributed by atoms with van der Waals surface area (Å²) in [7, 11) is 1.30. The number of ether oxygens (including phenoxy) is 1. The lowest BCUT2D eigenvalue weighted by Crippen LogP contribution is -2.16. The first-order valence-corrected chi connectivity index (χ1v) is 7.93. The van der Waals surface area contributed by atoms with Crippen molar-refractivity contribution in [3.63, 3.8) is 0 Å². The zero-order valence-electron chi connectivity index (χ0n) is 12.9. The maximum atomic E-state index is 12.0. The number of anilines is 2. The third-order valence-corrected chi connectivity index (χ3v) is 3.81. The van der Waals surface area contributed by atoms with Crippen LogP contribution in [0.3, 0.4) is 0 Å². The fourth-order valence-corrected chi connectivity index (χ4v) is 2.56. The Kier molecular flexibility index (Phi) is 6.46. The van der Waals surface area contributed by atoms with Crippen molar-refractivity contribution in [2.75, 3.05) is 24.3 Å². The summed E-state index contributed by atoms with van der Waals surface area (Å²) in [5, 5.41) is 6.75. The Hall–Kier alpha value is -2.24. The molecule has 0 aliphatic carbocycles. The number of hydrogen-bond donors (Lipinski definition) is 2. The standard InChI is InChI=1S/C17H16Cl2N2O3/c1-24-17(23)11-4-2-5-12(10-11)21-15(22)8-9-20-16-13(18)6-3-7-14(16)19/h2-7,10,20H,8-9H2,1H3,(H,21,22). The van der Waals surface area contributed by atoms with E-state index in [-0.39, 0.29) is 12.3 Å². The van der Waals surface area contributed by atoms with Gasteiger partial charge in [0.15, 0.2) is 0 Å². The zero-order valence-corrected chi connectivity index (χ0v) is 14.4. The first-order chi connectivity index (χ1) is 11.5. The molecule has 126 valence electrons. The number of methoxy groups -OCH3 is 1. The van der Waals surface area contributed by atoms with Gasteiger partial charge in [-0.1, -0.05) is 35.3 Å². The molecule has 5 nitrogen and oxygen atoms in total. The molecule has 0 heterocycles. The minimum absolute atomic E-state index is 0.201. The Balaban J connectivity index is 1.89. The van der Waals surface area contributed by atoms with E-state index in [0.29, 0.717) is 33.5 Å². The second-order valence-electron chi connectivity index (χ2n) is 4.89. The van der Waals surface area contributed by atoms with Gasteiger partial charge in [0.2, 0.25) is 5.91 Å². The van der Waals surface area contributed by atoms with Gasteiger partial charge in [-0.2, -0.15) is 0 Å². The highest BCUT2D eigenvalue weighted by atomic mass is 35.5. The molecule has 2 N–H and O–H groups in total. The lowest BCUT2D eigenvalue weighted by atomic mass is 10.2. The second kappa shape index (κ2) is 8.57. The number of nitrogens with one attached hydrogen (secondary N) is 2. The molecule has 0 fully saturated rings. The summed E-state index contributed by atoms with van der Waals surface area (Å²) >= 11 is 12.1. The van der Waals surface area contributed by atoms with Gasteiger partial charge in [-0.05, 0) is 30.3 Å². The van der Waals surface area contributed by atoms with Gasteiger partial charge >= 0.3 is 5.97 Å². The van der Waals surface area contributed by atoms with Gasteiger partial charge in [0.1, 0.15) is 0 Å². The SMILES string of the molecule is COC(=O)c1cccc(NC(=O)CCNc2c(Cl)cccc2Cl)c1. The maximum absolute atomic E-state index is 12.0. The first kappa shape index (κ1) is 18.1. The summed E-state index contributed by atoms with van der Waals surface area (Å²) in [6, 6.07) is 11.7. The van der Waals surface area contributed by atoms with Crippen LogP contribution in [0.4, 0.5) is 11.4 Å². The van der Waals surface area contributed by atoms with Crippen molar-refractivity contribution in [2.45, 2.75) is 6.42 Å². The predicted molar refractivity (Wildman–Crippen MR) is 96.0 cm³/mol. The number of carbonyl (C=O) groups excluding carboxylic acids is 2. The van der Waals surface area contributed by atoms with Crippen molar-refractivity contribution >= 4 is 46.5 Å². The van der Waals surface area contributed by atoms with Crippen LogP contribution in [-0.4, -0.2) is 25.5 Å². The summed E-state index contributed by atoms with van der Waals surface area (Å²) in [6.45, 7) is 0.367. The molecule has 24 heavy (non-hydrogen) atoms. The van der Waals surface area contributed by atoms with Crippen molar-refractivity contribution in [2.24, 2.45) is 0 Å². The highest BCUT2D eigenvalue weighted by Crippen LogP contribution is 2.29. The van der Waals surface area contributed by atoms with Crippen LogP contribution in [0.15, 0.2) is 42.5 Å². The third kappa shape index (κ3) is 4.88. The van der Waals surface area contributed by atoms with E-state index in [2.05, 4.69) is 15.4 Å². The van der Waals surface area contributed by atoms with Crippen molar-refractivity contribution in [3.8, 4) is 0 Å². The summed E-state index contributed by atoms with van der Waals surface area (Å²) in [5.41, 5.74) is 1.50. The number of halogens is 2. The Labute approximate surface area is 149 Å². The fourth-order valence-electron chi connectivity index (χ4n) is 2.03. The summed E-state index contributed by atoms with van der Waals surface area (Å²) in [5.74, 6) is -0.659. The number of rotatable bonds is 6. The Morgan fingerprint density at radius 3 is 2.42 bits per heavy atom. The molecule has 2 aromatic rings. The largest absolute Gasteiger partial charge is 0.465 e. The van der Waals surface area contributed by atoms with Crippen LogP contribution in [0.1, 0.15) is 16.8 Å². The van der Waals surface area contributed by atoms with E-state index in [1.807, 2.05) is 0 Å². The summed E-state index contributed by atoms with van der Waals surface area (Å²) in [4.78, 5) is 23.5. The summed E-state index contributed by atoms with van der Waals surface area (Å²) in [6.07, 6.45) is 0.212. The average molecular weight is 367 g/mol. The molecule has 2 rings (SSSR count). The van der Waals surface area contributed by atoms with Crippen molar-refractivity contribution in [1.82, 2.24) is 0 Å². The van der Waals surface area contributed by atoms with Gasteiger partial charge in [0.05, 0.1) is 28.4 Å². The van der Waals surface area contributed by atoms with Gasteiger partial charge in [0.25, 0.3) is 0 Å². The molecule has 0 aliphatic heterocycles. The highest BCUT2D eigenvalue weighted by Gasteiger charge is 2.09. The first-order valence-electron chi connectivity index (χ1n) is 7.17. The van der Waals surface area contributed by atoms with Gasteiger partial charge in [-0.3, -0.25) is 4.79 Å². The third-order valence-electron chi connectivity index (χ3n) is 3.18. The van der Waals surface area contributed by atoms with Crippen molar-refractivity contribution in [1.29, 1.82) is 0 Å². The summed E-state index contributed by atoms with van der Waals surface area (Å²) < 4.78 is 4.65. The van der Waals surface area contributed by atoms with Gasteiger partial charge in [-0.15, -0.1) is 0 Å². The topological polar surface area (TPSA) is 67.4 Å². The second-order valence-corrected chi connectivity index (χ2v) is 5.71. The highest BCUT2D eigenvalue weighted by molar-refractivity contribution is 6.39. The quantitative estimate of drug-likeness (QED) is 0.751. The average Bonchev–Trinajstić information content (AvgIpc) is 2.57. The lowest BCUT2D eigenvalue weighted by molar-refractivity contribution is -0.115. The molecule has 0 bridgehead atoms. The maximum Gasteiger partial charge on any atom is 0.337 e. The number of benzene rings is 2. The molecule has 0 saturated carbocycles. The molecule has 0 unspecified atom stereocenters. The van der Waals surface area contributed by atoms with E-state index in [0.717, 1.165) is 0 Å². The monoisotopic (exact) mass is 366 g/mol. The van der Waals surface area contributed by atoms with E-state index in [1.54, 1.807) is 42.5 Å². The van der Waals surface area contributed by atoms with Crippen LogP contribution >= 0.6 is 23.2 Å². The number of amides is 1. The number of carbonyl (C=O) groups is 2. The molecule has 0 radical (unpaired) electrons. The van der Waals surface area contributed by atoms with Gasteiger partial charge in [-0.25, -0.2) is 4.79 Å². The molecule has 0 saturated heterocycles. The Bertz CT molecular complexity index is 730. The molecule has 2 aromatic carbocycles. The molecule has 0 atom stereocenters. The van der Waals surface area contributed by atoms with E-state index in [4.69, 9.17) is 23.2 Å². The van der Waals surface area contributed by atoms with Crippen LogP contribution in [0, 0.1) is 0 Å². The Morgan fingerprint density at radius 1 is 1.08 bits per heavy atom. The van der Waals surface area contributed by atoms with E-state index < -0.39 is 5.97 Å². The van der Waals surface area contributed by atoms with Crippen molar-refractivity contribution in [3.05, 3.63) is 58.1 Å². The number of para-hydroxylation sites is 1. The molecule has 0 aromatic heterocycles. The van der Waals surface area contributed by atoms with E-state index in [9.17, 15) is 9.59 Å². The molecular formula is C17H16Cl2N2O3. The minimum atomic E-state index is -0.457. The van der Waals surface area contributed by atoms with Crippen LogP contribution in [0.5, 0.6) is 0 Å². The van der Waals surface area contributed by atoms with Gasteiger partial charge in [0, 0.05) is 18.7 Å². The lowest BCUT2D eigenvalue weighted by Gasteiger charge is -2.10. The Morgan fingerprint density at radius 2 is 1.75 bits per heavy atom. The van der Waals surface area contributed by atoms with E-state index >= 15 is 0 Å². The fraction of sp³-hybridized carbons (Fsp3) is 0.176. The van der Waals surface area contributed by atoms with E-state index in [1.165, 1.54) is 7.11 Å². The van der Waals surface area contributed by atoms with Crippen LogP contribution in [0.25, 0.3) is 0 Å². The van der Waals surface area contributed by atoms with Crippen LogP contribution < -0.4 is 10.6 Å². The molecule has 1 amide bonds. The normalized spacial score (nSPS) is 10.1. The molecule has 0 aliphatic rings. The molecule has 7 heteroatoms. The van der Waals surface area contributed by atoms with Crippen LogP contribution in [0.2, 0.25) is 10.0 Å². The smallest absolute Gasteiger partial charge is 0.337 e. The number of esters is 1. The van der Waals surface area contributed by atoms with Crippen LogP contribution in [-0.2, 0) is 9.53 Å². The van der Waals surface area contributed by atoms with Gasteiger partial charge < -0.3 is 15.4 Å². The number of hydrogen-bond acceptors (Lipinski definition) is 4. The van der Waals surface area contributed by atoms with Crippen molar-refractivity contribution < 1.29 is 14.3 Å².